The first-order valence-electron chi connectivity index (χ1n) is 11.2. The van der Waals surface area contributed by atoms with Gasteiger partial charge in [-0.1, -0.05) is 32.9 Å². The Bertz CT molecular complexity index is 1150. The summed E-state index contributed by atoms with van der Waals surface area (Å²) in [7, 11) is 2.01. The smallest absolute Gasteiger partial charge is 0.272 e. The van der Waals surface area contributed by atoms with Crippen molar-refractivity contribution in [2.75, 3.05) is 6.54 Å². The van der Waals surface area contributed by atoms with Crippen LogP contribution in [0.2, 0.25) is 0 Å². The topological polar surface area (TPSA) is 43.1 Å². The fraction of sp³-hybridized carbons (Fsp3) is 0.462. The van der Waals surface area contributed by atoms with E-state index < -0.39 is 0 Å². The highest BCUT2D eigenvalue weighted by molar-refractivity contribution is 5.95. The quantitative estimate of drug-likeness (QED) is 0.587. The molecule has 5 heteroatoms. The van der Waals surface area contributed by atoms with Gasteiger partial charge in [-0.15, -0.1) is 0 Å². The van der Waals surface area contributed by atoms with Gasteiger partial charge < -0.3 is 9.47 Å². The van der Waals surface area contributed by atoms with Crippen molar-refractivity contribution in [3.8, 4) is 17.1 Å². The Labute approximate surface area is 184 Å². The highest BCUT2D eigenvalue weighted by atomic mass is 16.2. The van der Waals surface area contributed by atoms with E-state index in [1.54, 1.807) is 0 Å². The maximum Gasteiger partial charge on any atom is 0.272 e. The van der Waals surface area contributed by atoms with Gasteiger partial charge in [0.25, 0.3) is 5.91 Å². The third-order valence-corrected chi connectivity index (χ3v) is 7.06. The zero-order valence-electron chi connectivity index (χ0n) is 19.2. The third-order valence-electron chi connectivity index (χ3n) is 7.06. The highest BCUT2D eigenvalue weighted by Crippen LogP contribution is 2.52. The number of aromatic nitrogens is 3. The number of carbonyl (C=O) groups excluding carboxylic acids is 1. The molecule has 0 spiro atoms. The van der Waals surface area contributed by atoms with Crippen LogP contribution < -0.4 is 0 Å². The van der Waals surface area contributed by atoms with Crippen molar-refractivity contribution in [1.29, 1.82) is 0 Å². The summed E-state index contributed by atoms with van der Waals surface area (Å²) in [6, 6.07) is 14.5. The van der Waals surface area contributed by atoms with E-state index in [0.29, 0.717) is 11.7 Å². The fourth-order valence-corrected chi connectivity index (χ4v) is 6.19. The zero-order chi connectivity index (χ0) is 22.0. The van der Waals surface area contributed by atoms with Gasteiger partial charge in [0, 0.05) is 25.8 Å². The average molecular weight is 417 g/mol. The fourth-order valence-electron chi connectivity index (χ4n) is 6.19. The number of amides is 1. The van der Waals surface area contributed by atoms with Gasteiger partial charge in [-0.25, -0.2) is 4.68 Å². The molecule has 0 radical (unpaired) electrons. The van der Waals surface area contributed by atoms with Crippen LogP contribution in [0.5, 0.6) is 0 Å². The molecular weight excluding hydrogens is 384 g/mol. The minimum absolute atomic E-state index is 0.0980. The van der Waals surface area contributed by atoms with E-state index in [1.807, 2.05) is 52.8 Å². The van der Waals surface area contributed by atoms with Crippen molar-refractivity contribution >= 4 is 5.91 Å². The highest BCUT2D eigenvalue weighted by Gasteiger charge is 2.51. The molecule has 31 heavy (non-hydrogen) atoms. The summed E-state index contributed by atoms with van der Waals surface area (Å²) < 4.78 is 3.89. The van der Waals surface area contributed by atoms with E-state index in [1.165, 1.54) is 6.42 Å². The van der Waals surface area contributed by atoms with Crippen molar-refractivity contribution in [2.24, 2.45) is 17.9 Å². The lowest BCUT2D eigenvalue weighted by Crippen LogP contribution is -2.38. The molecule has 2 bridgehead atoms. The first-order chi connectivity index (χ1) is 14.6. The Morgan fingerprint density at radius 2 is 1.90 bits per heavy atom. The van der Waals surface area contributed by atoms with Crippen molar-refractivity contribution in [1.82, 2.24) is 19.2 Å². The SMILES string of the molecule is Cc1cccc(-n2nc(-c3cccn3C)cc2C(=O)N2CC3(C)CC2CC(C)(C)C3)c1. The first kappa shape index (κ1) is 20.1. The average Bonchev–Trinajstić information content (AvgIpc) is 3.35. The predicted octanol–water partition coefficient (Wildman–Crippen LogP) is 5.23. The van der Waals surface area contributed by atoms with Gasteiger partial charge in [-0.2, -0.15) is 5.10 Å². The minimum Gasteiger partial charge on any atom is -0.349 e. The second-order valence-corrected chi connectivity index (χ2v) is 10.8. The number of rotatable bonds is 3. The number of carbonyl (C=O) groups is 1. The van der Waals surface area contributed by atoms with Crippen LogP contribution in [0.15, 0.2) is 48.7 Å². The number of aryl methyl sites for hydroxylation is 2. The lowest BCUT2D eigenvalue weighted by atomic mass is 9.65. The second-order valence-electron chi connectivity index (χ2n) is 10.8. The monoisotopic (exact) mass is 416 g/mol. The number of fused-ring (bicyclic) bond motifs is 2. The van der Waals surface area contributed by atoms with E-state index in [0.717, 1.165) is 42.0 Å². The molecule has 1 saturated heterocycles. The standard InChI is InChI=1S/C26H32N4O/c1-18-8-6-9-19(12-18)30-23(13-21(27-30)22-10-7-11-28(22)5)24(31)29-17-26(4)15-20(29)14-25(2,3)16-26/h6-13,20H,14-17H2,1-5H3. The molecule has 2 aliphatic rings. The number of benzene rings is 1. The molecule has 3 heterocycles. The van der Waals surface area contributed by atoms with Crippen LogP contribution in [-0.4, -0.2) is 37.7 Å². The van der Waals surface area contributed by atoms with Crippen LogP contribution in [0.4, 0.5) is 0 Å². The van der Waals surface area contributed by atoms with Gasteiger partial charge in [0.1, 0.15) is 11.4 Å². The molecule has 3 aromatic rings. The van der Waals surface area contributed by atoms with Crippen LogP contribution >= 0.6 is 0 Å². The molecule has 2 unspecified atom stereocenters. The molecule has 5 nitrogen and oxygen atoms in total. The van der Waals surface area contributed by atoms with Crippen molar-refractivity contribution in [3.63, 3.8) is 0 Å². The molecule has 2 atom stereocenters. The van der Waals surface area contributed by atoms with Gasteiger partial charge in [0.15, 0.2) is 0 Å². The van der Waals surface area contributed by atoms with Gasteiger partial charge in [-0.3, -0.25) is 4.79 Å². The van der Waals surface area contributed by atoms with Gasteiger partial charge in [0.05, 0.1) is 11.4 Å². The first-order valence-corrected chi connectivity index (χ1v) is 11.2. The van der Waals surface area contributed by atoms with E-state index in [2.05, 4.69) is 44.7 Å². The van der Waals surface area contributed by atoms with E-state index >= 15 is 0 Å². The molecule has 162 valence electrons. The predicted molar refractivity (Wildman–Crippen MR) is 123 cm³/mol. The van der Waals surface area contributed by atoms with E-state index in [-0.39, 0.29) is 16.7 Å². The van der Waals surface area contributed by atoms with Crippen LogP contribution in [0.25, 0.3) is 17.1 Å². The summed E-state index contributed by atoms with van der Waals surface area (Å²) in [5.41, 5.74) is 5.04. The summed E-state index contributed by atoms with van der Waals surface area (Å²) in [5.74, 6) is 0.0980. The molecule has 1 aromatic carbocycles. The van der Waals surface area contributed by atoms with Crippen LogP contribution in [-0.2, 0) is 7.05 Å². The minimum atomic E-state index is 0.0980. The lowest BCUT2D eigenvalue weighted by Gasteiger charge is -2.39. The second kappa shape index (κ2) is 6.84. The molecule has 2 fully saturated rings. The Balaban J connectivity index is 1.59. The Hall–Kier alpha value is -2.82. The maximum atomic E-state index is 13.9. The largest absolute Gasteiger partial charge is 0.349 e. The summed E-state index contributed by atoms with van der Waals surface area (Å²) in [6.07, 6.45) is 5.35. The zero-order valence-corrected chi connectivity index (χ0v) is 19.2. The Kier molecular flexibility index (Phi) is 4.44. The number of hydrogen-bond donors (Lipinski definition) is 0. The molecular formula is C26H32N4O. The summed E-state index contributed by atoms with van der Waals surface area (Å²) in [5, 5.41) is 4.90. The molecule has 1 aliphatic heterocycles. The van der Waals surface area contributed by atoms with Gasteiger partial charge in [0.2, 0.25) is 0 Å². The Morgan fingerprint density at radius 3 is 2.61 bits per heavy atom. The number of likely N-dealkylation sites (tertiary alicyclic amines) is 1. The molecule has 5 rings (SSSR count). The number of nitrogens with zero attached hydrogens (tertiary/aromatic N) is 4. The molecule has 1 saturated carbocycles. The van der Waals surface area contributed by atoms with Crippen LogP contribution in [0.3, 0.4) is 0 Å². The molecule has 0 N–H and O–H groups in total. The number of hydrogen-bond acceptors (Lipinski definition) is 2. The lowest BCUT2D eigenvalue weighted by molar-refractivity contribution is 0.0699. The van der Waals surface area contributed by atoms with Gasteiger partial charge >= 0.3 is 0 Å². The summed E-state index contributed by atoms with van der Waals surface area (Å²) in [4.78, 5) is 16.1. The van der Waals surface area contributed by atoms with Crippen LogP contribution in [0, 0.1) is 17.8 Å². The van der Waals surface area contributed by atoms with Crippen molar-refractivity contribution in [3.05, 3.63) is 59.9 Å². The van der Waals surface area contributed by atoms with E-state index in [9.17, 15) is 4.79 Å². The van der Waals surface area contributed by atoms with Crippen molar-refractivity contribution < 1.29 is 4.79 Å². The van der Waals surface area contributed by atoms with E-state index in [4.69, 9.17) is 5.10 Å². The summed E-state index contributed by atoms with van der Waals surface area (Å²) in [6.45, 7) is 9.94. The summed E-state index contributed by atoms with van der Waals surface area (Å²) >= 11 is 0. The van der Waals surface area contributed by atoms with Crippen molar-refractivity contribution in [2.45, 2.75) is 53.0 Å². The normalized spacial score (nSPS) is 24.5. The van der Waals surface area contributed by atoms with Crippen LogP contribution in [0.1, 0.15) is 56.1 Å². The van der Waals surface area contributed by atoms with Gasteiger partial charge in [-0.05, 0) is 72.9 Å². The third kappa shape index (κ3) is 3.50. The molecule has 1 amide bonds. The Morgan fingerprint density at radius 1 is 1.10 bits per heavy atom. The molecule has 2 aromatic heterocycles. The maximum absolute atomic E-state index is 13.9. The molecule has 1 aliphatic carbocycles.